The van der Waals surface area contributed by atoms with Gasteiger partial charge in [0.1, 0.15) is 12.4 Å². The van der Waals surface area contributed by atoms with Gasteiger partial charge in [-0.2, -0.15) is 0 Å². The Labute approximate surface area is 181 Å². The molecule has 31 heavy (non-hydrogen) atoms. The number of carbonyl (C=O) groups excluding carboxylic acids is 1. The number of aromatic nitrogens is 2. The number of carbonyl (C=O) groups is 1. The van der Waals surface area contributed by atoms with Crippen LogP contribution < -0.4 is 10.1 Å². The molecule has 1 N–H and O–H groups in total. The number of nitrogens with zero attached hydrogens (tertiary/aromatic N) is 2. The molecule has 0 saturated carbocycles. The summed E-state index contributed by atoms with van der Waals surface area (Å²) in [6, 6.07) is 20.8. The topological polar surface area (TPSA) is 64.1 Å². The molecule has 0 unspecified atom stereocenters. The van der Waals surface area contributed by atoms with Crippen LogP contribution in [0.2, 0.25) is 0 Å². The van der Waals surface area contributed by atoms with Crippen molar-refractivity contribution in [2.45, 2.75) is 20.5 Å². The van der Waals surface area contributed by atoms with Crippen molar-refractivity contribution in [3.8, 4) is 16.9 Å². The van der Waals surface area contributed by atoms with Crippen LogP contribution in [0.3, 0.4) is 0 Å². The van der Waals surface area contributed by atoms with Crippen LogP contribution in [0.4, 0.5) is 5.69 Å². The molecule has 0 aliphatic heterocycles. The summed E-state index contributed by atoms with van der Waals surface area (Å²) >= 11 is 0. The minimum Gasteiger partial charge on any atom is -0.487 e. The first-order chi connectivity index (χ1) is 15.1. The molecule has 0 fully saturated rings. The molecule has 0 radical (unpaired) electrons. The van der Waals surface area contributed by atoms with Gasteiger partial charge in [0, 0.05) is 35.4 Å². The van der Waals surface area contributed by atoms with Crippen molar-refractivity contribution in [2.24, 2.45) is 0 Å². The number of anilines is 1. The van der Waals surface area contributed by atoms with Crippen LogP contribution in [0, 0.1) is 13.8 Å². The monoisotopic (exact) mass is 409 g/mol. The van der Waals surface area contributed by atoms with Crippen LogP contribution in [0.5, 0.6) is 5.75 Å². The highest BCUT2D eigenvalue weighted by atomic mass is 16.5. The zero-order chi connectivity index (χ0) is 21.6. The van der Waals surface area contributed by atoms with Gasteiger partial charge in [-0.25, -0.2) is 0 Å². The van der Waals surface area contributed by atoms with Crippen LogP contribution in [-0.4, -0.2) is 15.9 Å². The Morgan fingerprint density at radius 3 is 2.48 bits per heavy atom. The van der Waals surface area contributed by atoms with Crippen molar-refractivity contribution in [3.63, 3.8) is 0 Å². The molecule has 2 aromatic heterocycles. The maximum absolute atomic E-state index is 12.8. The van der Waals surface area contributed by atoms with E-state index in [9.17, 15) is 4.79 Å². The SMILES string of the molecule is Cc1cc(C)c(-c2cccnc2)cc1NC(=O)c1ccc(OCc2ccccn2)cc1. The fourth-order valence-corrected chi connectivity index (χ4v) is 3.36. The molecule has 4 aromatic rings. The van der Waals surface area contributed by atoms with Gasteiger partial charge in [0.15, 0.2) is 0 Å². The lowest BCUT2D eigenvalue weighted by Crippen LogP contribution is -2.13. The molecular weight excluding hydrogens is 386 g/mol. The Morgan fingerprint density at radius 1 is 0.935 bits per heavy atom. The van der Waals surface area contributed by atoms with E-state index in [4.69, 9.17) is 4.74 Å². The third-order valence-corrected chi connectivity index (χ3v) is 5.02. The molecule has 5 nitrogen and oxygen atoms in total. The molecule has 0 spiro atoms. The van der Waals surface area contributed by atoms with E-state index >= 15 is 0 Å². The Morgan fingerprint density at radius 2 is 1.77 bits per heavy atom. The van der Waals surface area contributed by atoms with E-state index in [-0.39, 0.29) is 5.91 Å². The molecule has 0 aliphatic carbocycles. The maximum atomic E-state index is 12.8. The average molecular weight is 409 g/mol. The van der Waals surface area contributed by atoms with E-state index in [0.29, 0.717) is 17.9 Å². The van der Waals surface area contributed by atoms with Crippen molar-refractivity contribution in [1.82, 2.24) is 9.97 Å². The third-order valence-electron chi connectivity index (χ3n) is 5.02. The molecule has 154 valence electrons. The van der Waals surface area contributed by atoms with Crippen molar-refractivity contribution in [2.75, 3.05) is 5.32 Å². The summed E-state index contributed by atoms with van der Waals surface area (Å²) in [5.41, 5.74) is 6.41. The number of nitrogens with one attached hydrogen (secondary N) is 1. The lowest BCUT2D eigenvalue weighted by Gasteiger charge is -2.14. The summed E-state index contributed by atoms with van der Waals surface area (Å²) in [7, 11) is 0. The molecule has 2 aromatic carbocycles. The summed E-state index contributed by atoms with van der Waals surface area (Å²) in [6.07, 6.45) is 5.31. The minimum atomic E-state index is -0.166. The molecule has 0 bridgehead atoms. The zero-order valence-corrected chi connectivity index (χ0v) is 17.5. The van der Waals surface area contributed by atoms with E-state index < -0.39 is 0 Å². The van der Waals surface area contributed by atoms with Crippen molar-refractivity contribution < 1.29 is 9.53 Å². The van der Waals surface area contributed by atoms with E-state index in [1.807, 2.05) is 49.5 Å². The fourth-order valence-electron chi connectivity index (χ4n) is 3.36. The van der Waals surface area contributed by atoms with Gasteiger partial charge in [-0.3, -0.25) is 14.8 Å². The van der Waals surface area contributed by atoms with E-state index in [1.54, 1.807) is 36.7 Å². The quantitative estimate of drug-likeness (QED) is 0.451. The van der Waals surface area contributed by atoms with Crippen LogP contribution in [-0.2, 0) is 6.61 Å². The van der Waals surface area contributed by atoms with Crippen LogP contribution in [0.1, 0.15) is 27.2 Å². The molecule has 1 amide bonds. The standard InChI is InChI=1S/C26H23N3O2/c1-18-14-19(2)25(15-24(18)21-6-5-12-27-16-21)29-26(30)20-8-10-23(11-9-20)31-17-22-7-3-4-13-28-22/h3-16H,17H2,1-2H3,(H,29,30). The Bertz CT molecular complexity index is 1170. The number of rotatable bonds is 6. The number of hydrogen-bond donors (Lipinski definition) is 1. The smallest absolute Gasteiger partial charge is 0.255 e. The van der Waals surface area contributed by atoms with Gasteiger partial charge < -0.3 is 10.1 Å². The van der Waals surface area contributed by atoms with Crippen LogP contribution in [0.15, 0.2) is 85.3 Å². The summed E-state index contributed by atoms with van der Waals surface area (Å²) in [5, 5.41) is 3.03. The van der Waals surface area contributed by atoms with Gasteiger partial charge in [0.2, 0.25) is 0 Å². The fraction of sp³-hybridized carbons (Fsp3) is 0.115. The zero-order valence-electron chi connectivity index (χ0n) is 17.5. The summed E-state index contributed by atoms with van der Waals surface area (Å²) in [6.45, 7) is 4.43. The van der Waals surface area contributed by atoms with Crippen molar-refractivity contribution in [1.29, 1.82) is 0 Å². The van der Waals surface area contributed by atoms with E-state index in [2.05, 4.69) is 28.3 Å². The first-order valence-corrected chi connectivity index (χ1v) is 10.1. The van der Waals surface area contributed by atoms with E-state index in [0.717, 1.165) is 33.6 Å². The molecule has 0 atom stereocenters. The second kappa shape index (κ2) is 9.22. The molecule has 4 rings (SSSR count). The second-order valence-electron chi connectivity index (χ2n) is 7.31. The van der Waals surface area contributed by atoms with Crippen LogP contribution in [0.25, 0.3) is 11.1 Å². The van der Waals surface area contributed by atoms with Gasteiger partial charge in [0.25, 0.3) is 5.91 Å². The van der Waals surface area contributed by atoms with Crippen molar-refractivity contribution >= 4 is 11.6 Å². The molecular formula is C26H23N3O2. The predicted octanol–water partition coefficient (Wildman–Crippen LogP) is 5.59. The van der Waals surface area contributed by atoms with Gasteiger partial charge in [0.05, 0.1) is 5.69 Å². The number of pyridine rings is 2. The largest absolute Gasteiger partial charge is 0.487 e. The number of ether oxygens (including phenoxy) is 1. The van der Waals surface area contributed by atoms with Gasteiger partial charge in [-0.05, 0) is 79.1 Å². The molecule has 5 heteroatoms. The Hall–Kier alpha value is -3.99. The highest BCUT2D eigenvalue weighted by Gasteiger charge is 2.11. The highest BCUT2D eigenvalue weighted by Crippen LogP contribution is 2.29. The highest BCUT2D eigenvalue weighted by molar-refractivity contribution is 6.05. The maximum Gasteiger partial charge on any atom is 0.255 e. The third kappa shape index (κ3) is 4.95. The predicted molar refractivity (Wildman–Crippen MR) is 122 cm³/mol. The van der Waals surface area contributed by atoms with E-state index in [1.165, 1.54) is 0 Å². The molecule has 0 saturated heterocycles. The number of aryl methyl sites for hydroxylation is 2. The summed E-state index contributed by atoms with van der Waals surface area (Å²) < 4.78 is 5.74. The van der Waals surface area contributed by atoms with Gasteiger partial charge >= 0.3 is 0 Å². The minimum absolute atomic E-state index is 0.166. The van der Waals surface area contributed by atoms with Gasteiger partial charge in [-0.1, -0.05) is 18.2 Å². The lowest BCUT2D eigenvalue weighted by atomic mass is 9.98. The number of benzene rings is 2. The number of hydrogen-bond acceptors (Lipinski definition) is 4. The normalized spacial score (nSPS) is 10.5. The lowest BCUT2D eigenvalue weighted by molar-refractivity contribution is 0.102. The Balaban J connectivity index is 1.47. The molecule has 0 aliphatic rings. The average Bonchev–Trinajstić information content (AvgIpc) is 2.81. The Kier molecular flexibility index (Phi) is 6.03. The van der Waals surface area contributed by atoms with Crippen LogP contribution >= 0.6 is 0 Å². The van der Waals surface area contributed by atoms with Gasteiger partial charge in [-0.15, -0.1) is 0 Å². The summed E-state index contributed by atoms with van der Waals surface area (Å²) in [5.74, 6) is 0.521. The van der Waals surface area contributed by atoms with Crippen molar-refractivity contribution in [3.05, 3.63) is 108 Å². The molecule has 2 heterocycles. The summed E-state index contributed by atoms with van der Waals surface area (Å²) in [4.78, 5) is 21.3. The second-order valence-corrected chi connectivity index (χ2v) is 7.31. The first kappa shape index (κ1) is 20.3. The number of amides is 1. The first-order valence-electron chi connectivity index (χ1n) is 10.1.